The lowest BCUT2D eigenvalue weighted by Gasteiger charge is -2.34. The highest BCUT2D eigenvalue weighted by Gasteiger charge is 2.34. The van der Waals surface area contributed by atoms with Crippen LogP contribution in [0.2, 0.25) is 0 Å². The molecule has 5 heteroatoms. The van der Waals surface area contributed by atoms with E-state index >= 15 is 0 Å². The zero-order valence-corrected chi connectivity index (χ0v) is 11.7. The molecule has 0 bridgehead atoms. The molecule has 2 fully saturated rings. The molecule has 2 aliphatic rings. The fraction of sp³-hybridized carbons (Fsp3) is 0.769. The Morgan fingerprint density at radius 3 is 3.28 bits per heavy atom. The minimum Gasteiger partial charge on any atom is -0.368 e. The van der Waals surface area contributed by atoms with Gasteiger partial charge in [-0.1, -0.05) is 0 Å². The number of fused-ring (bicyclic) bond motifs is 1. The van der Waals surface area contributed by atoms with Crippen LogP contribution < -0.4 is 5.73 Å². The summed E-state index contributed by atoms with van der Waals surface area (Å²) in [5.74, 6) is 0. The first-order valence-corrected chi connectivity index (χ1v) is 7.61. The number of aromatic nitrogens is 1. The number of nitrogens with zero attached hydrogens (tertiary/aromatic N) is 2. The van der Waals surface area contributed by atoms with Gasteiger partial charge in [-0.15, -0.1) is 11.3 Å². The van der Waals surface area contributed by atoms with E-state index in [0.29, 0.717) is 12.6 Å². The molecule has 0 aromatic carbocycles. The summed E-state index contributed by atoms with van der Waals surface area (Å²) < 4.78 is 6.00. The fourth-order valence-corrected chi connectivity index (χ4v) is 4.04. The van der Waals surface area contributed by atoms with Crippen LogP contribution in [0.15, 0.2) is 0 Å². The van der Waals surface area contributed by atoms with Crippen molar-refractivity contribution in [2.75, 3.05) is 26.2 Å². The summed E-state index contributed by atoms with van der Waals surface area (Å²) in [6.45, 7) is 5.88. The van der Waals surface area contributed by atoms with Crippen molar-refractivity contribution in [3.05, 3.63) is 15.6 Å². The Kier molecular flexibility index (Phi) is 3.66. The van der Waals surface area contributed by atoms with Gasteiger partial charge >= 0.3 is 0 Å². The lowest BCUT2D eigenvalue weighted by molar-refractivity contribution is -0.0502. The van der Waals surface area contributed by atoms with Crippen LogP contribution in [-0.2, 0) is 11.2 Å². The second-order valence-electron chi connectivity index (χ2n) is 5.21. The van der Waals surface area contributed by atoms with Crippen LogP contribution in [0.5, 0.6) is 0 Å². The monoisotopic (exact) mass is 267 g/mol. The summed E-state index contributed by atoms with van der Waals surface area (Å²) in [5.41, 5.74) is 6.76. The fourth-order valence-electron chi connectivity index (χ4n) is 2.92. The maximum absolute atomic E-state index is 6.00. The van der Waals surface area contributed by atoms with Gasteiger partial charge < -0.3 is 10.5 Å². The van der Waals surface area contributed by atoms with Gasteiger partial charge in [0, 0.05) is 17.5 Å². The van der Waals surface area contributed by atoms with Crippen LogP contribution in [0.25, 0.3) is 0 Å². The van der Waals surface area contributed by atoms with Crippen molar-refractivity contribution in [1.29, 1.82) is 0 Å². The highest BCUT2D eigenvalue weighted by atomic mass is 32.1. The van der Waals surface area contributed by atoms with Gasteiger partial charge in [0.15, 0.2) is 0 Å². The molecule has 2 aliphatic heterocycles. The Morgan fingerprint density at radius 1 is 1.56 bits per heavy atom. The van der Waals surface area contributed by atoms with Crippen LogP contribution in [0.4, 0.5) is 0 Å². The first-order chi connectivity index (χ1) is 8.78. The molecule has 0 saturated carbocycles. The normalized spacial score (nSPS) is 28.6. The third-order valence-electron chi connectivity index (χ3n) is 3.95. The molecule has 0 aliphatic carbocycles. The van der Waals surface area contributed by atoms with E-state index in [2.05, 4.69) is 16.8 Å². The standard InChI is InChI=1S/C13H21N3OS/c1-9-12(4-5-14)18-13(15-9)11-7-16-6-2-3-10(16)8-17-11/h10-11H,2-8,14H2,1H3. The van der Waals surface area contributed by atoms with Gasteiger partial charge in [-0.05, 0) is 39.3 Å². The zero-order valence-electron chi connectivity index (χ0n) is 10.9. The molecule has 1 aromatic heterocycles. The molecule has 0 spiro atoms. The van der Waals surface area contributed by atoms with E-state index in [4.69, 9.17) is 10.5 Å². The third-order valence-corrected chi connectivity index (χ3v) is 5.25. The number of hydrogen-bond acceptors (Lipinski definition) is 5. The minimum atomic E-state index is 0.176. The van der Waals surface area contributed by atoms with E-state index in [9.17, 15) is 0 Å². The Hall–Kier alpha value is -0.490. The lowest BCUT2D eigenvalue weighted by atomic mass is 10.2. The van der Waals surface area contributed by atoms with E-state index in [-0.39, 0.29) is 6.10 Å². The summed E-state index contributed by atoms with van der Waals surface area (Å²) in [6, 6.07) is 0.658. The van der Waals surface area contributed by atoms with Crippen LogP contribution in [0.3, 0.4) is 0 Å². The third kappa shape index (κ3) is 2.32. The molecule has 3 heterocycles. The Morgan fingerprint density at radius 2 is 2.44 bits per heavy atom. The maximum atomic E-state index is 6.00. The van der Waals surface area contributed by atoms with E-state index in [1.54, 1.807) is 11.3 Å². The van der Waals surface area contributed by atoms with E-state index in [1.165, 1.54) is 24.3 Å². The van der Waals surface area contributed by atoms with E-state index < -0.39 is 0 Å². The van der Waals surface area contributed by atoms with Crippen LogP contribution in [-0.4, -0.2) is 42.2 Å². The molecule has 0 amide bonds. The zero-order chi connectivity index (χ0) is 12.5. The average Bonchev–Trinajstić information content (AvgIpc) is 2.96. The van der Waals surface area contributed by atoms with Crippen molar-refractivity contribution in [1.82, 2.24) is 9.88 Å². The Balaban J connectivity index is 1.72. The van der Waals surface area contributed by atoms with Crippen molar-refractivity contribution in [2.24, 2.45) is 5.73 Å². The smallest absolute Gasteiger partial charge is 0.123 e. The summed E-state index contributed by atoms with van der Waals surface area (Å²) >= 11 is 1.78. The van der Waals surface area contributed by atoms with Gasteiger partial charge in [0.25, 0.3) is 0 Å². The minimum absolute atomic E-state index is 0.176. The molecule has 100 valence electrons. The molecule has 3 rings (SSSR count). The second kappa shape index (κ2) is 5.25. The summed E-state index contributed by atoms with van der Waals surface area (Å²) in [5, 5.41) is 1.14. The molecule has 2 N–H and O–H groups in total. The molecule has 2 saturated heterocycles. The summed E-state index contributed by atoms with van der Waals surface area (Å²) in [6.07, 6.45) is 3.72. The van der Waals surface area contributed by atoms with Crippen LogP contribution in [0.1, 0.15) is 34.5 Å². The highest BCUT2D eigenvalue weighted by Crippen LogP contribution is 2.33. The number of morpholine rings is 1. The molecule has 4 nitrogen and oxygen atoms in total. The van der Waals surface area contributed by atoms with Crippen molar-refractivity contribution in [2.45, 2.75) is 38.3 Å². The molecular weight excluding hydrogens is 246 g/mol. The highest BCUT2D eigenvalue weighted by molar-refractivity contribution is 7.11. The number of rotatable bonds is 3. The second-order valence-corrected chi connectivity index (χ2v) is 6.33. The topological polar surface area (TPSA) is 51.4 Å². The Labute approximate surface area is 112 Å². The van der Waals surface area contributed by atoms with Crippen molar-refractivity contribution >= 4 is 11.3 Å². The van der Waals surface area contributed by atoms with Gasteiger partial charge in [-0.2, -0.15) is 0 Å². The number of hydrogen-bond donors (Lipinski definition) is 1. The Bertz CT molecular complexity index is 420. The largest absolute Gasteiger partial charge is 0.368 e. The molecule has 0 radical (unpaired) electrons. The van der Waals surface area contributed by atoms with Gasteiger partial charge in [-0.25, -0.2) is 4.98 Å². The van der Waals surface area contributed by atoms with Crippen molar-refractivity contribution in [3.63, 3.8) is 0 Å². The van der Waals surface area contributed by atoms with E-state index in [1.807, 2.05) is 0 Å². The maximum Gasteiger partial charge on any atom is 0.123 e. The molecular formula is C13H21N3OS. The first kappa shape index (κ1) is 12.5. The molecule has 18 heavy (non-hydrogen) atoms. The number of thiazole rings is 1. The first-order valence-electron chi connectivity index (χ1n) is 6.80. The average molecular weight is 267 g/mol. The SMILES string of the molecule is Cc1nc(C2CN3CCCC3CO2)sc1CCN. The summed E-state index contributed by atoms with van der Waals surface area (Å²) in [7, 11) is 0. The molecule has 2 unspecified atom stereocenters. The van der Waals surface area contributed by atoms with Crippen LogP contribution in [0, 0.1) is 6.92 Å². The lowest BCUT2D eigenvalue weighted by Crippen LogP contribution is -2.42. The van der Waals surface area contributed by atoms with Gasteiger partial charge in [0.2, 0.25) is 0 Å². The van der Waals surface area contributed by atoms with Crippen molar-refractivity contribution < 1.29 is 4.74 Å². The number of nitrogens with two attached hydrogens (primary N) is 1. The predicted octanol–water partition coefficient (Wildman–Crippen LogP) is 1.49. The predicted molar refractivity (Wildman–Crippen MR) is 72.9 cm³/mol. The quantitative estimate of drug-likeness (QED) is 0.901. The number of ether oxygens (including phenoxy) is 1. The summed E-state index contributed by atoms with van der Waals surface area (Å²) in [4.78, 5) is 8.56. The molecule has 2 atom stereocenters. The van der Waals surface area contributed by atoms with Gasteiger partial charge in [-0.3, -0.25) is 4.90 Å². The van der Waals surface area contributed by atoms with Crippen molar-refractivity contribution in [3.8, 4) is 0 Å². The van der Waals surface area contributed by atoms with Gasteiger partial charge in [0.05, 0.1) is 12.3 Å². The van der Waals surface area contributed by atoms with Crippen LogP contribution >= 0.6 is 11.3 Å². The van der Waals surface area contributed by atoms with E-state index in [0.717, 1.165) is 30.3 Å². The molecule has 1 aromatic rings. The van der Waals surface area contributed by atoms with Gasteiger partial charge in [0.1, 0.15) is 11.1 Å². The number of aryl methyl sites for hydroxylation is 1.